The van der Waals surface area contributed by atoms with Crippen LogP contribution in [0.3, 0.4) is 0 Å². The predicted octanol–water partition coefficient (Wildman–Crippen LogP) is 3.23. The Morgan fingerprint density at radius 1 is 0.838 bits per heavy atom. The first-order valence-electron chi connectivity index (χ1n) is 11.6. The zero-order chi connectivity index (χ0) is 26.7. The van der Waals surface area contributed by atoms with Gasteiger partial charge in [0.2, 0.25) is 0 Å². The van der Waals surface area contributed by atoms with E-state index < -0.39 is 46.9 Å². The Morgan fingerprint density at radius 3 is 1.84 bits per heavy atom. The summed E-state index contributed by atoms with van der Waals surface area (Å²) in [5.41, 5.74) is -1.48. The molecule has 8 nitrogen and oxygen atoms in total. The number of halogens is 4. The summed E-state index contributed by atoms with van der Waals surface area (Å²) in [6, 6.07) is 9.94. The van der Waals surface area contributed by atoms with Gasteiger partial charge in [-0.05, 0) is 80.6 Å². The lowest BCUT2D eigenvalue weighted by Gasteiger charge is -2.56. The Balaban J connectivity index is 1.24. The van der Waals surface area contributed by atoms with Gasteiger partial charge in [-0.3, -0.25) is 9.59 Å². The molecule has 3 fully saturated rings. The molecule has 2 bridgehead atoms. The minimum Gasteiger partial charge on any atom is -0.484 e. The van der Waals surface area contributed by atoms with Gasteiger partial charge >= 0.3 is 6.36 Å². The van der Waals surface area contributed by atoms with Crippen LogP contribution in [0.5, 0.6) is 17.2 Å². The largest absolute Gasteiger partial charge is 0.573 e. The molecule has 3 N–H and O–H groups in total. The summed E-state index contributed by atoms with van der Waals surface area (Å²) in [6.45, 7) is -0.650. The molecule has 2 aromatic rings. The van der Waals surface area contributed by atoms with Crippen molar-refractivity contribution in [1.29, 1.82) is 0 Å². The van der Waals surface area contributed by atoms with Crippen molar-refractivity contribution in [3.8, 4) is 17.2 Å². The lowest BCUT2D eigenvalue weighted by Crippen LogP contribution is -2.70. The number of amides is 2. The second-order valence-corrected chi connectivity index (χ2v) is 9.30. The summed E-state index contributed by atoms with van der Waals surface area (Å²) < 4.78 is 64.3. The average Bonchev–Trinajstić information content (AvgIpc) is 2.83. The van der Waals surface area contributed by atoms with Gasteiger partial charge in [0.15, 0.2) is 13.2 Å². The van der Waals surface area contributed by atoms with Crippen LogP contribution in [0.4, 0.5) is 17.6 Å². The van der Waals surface area contributed by atoms with E-state index in [-0.39, 0.29) is 25.4 Å². The third kappa shape index (κ3) is 6.82. The van der Waals surface area contributed by atoms with E-state index in [0.29, 0.717) is 31.4 Å². The van der Waals surface area contributed by atoms with Crippen LogP contribution < -0.4 is 24.8 Å². The predicted molar refractivity (Wildman–Crippen MR) is 121 cm³/mol. The number of aliphatic hydroxyl groups is 1. The van der Waals surface area contributed by atoms with Crippen LogP contribution in [0.1, 0.15) is 32.1 Å². The minimum atomic E-state index is -4.80. The van der Waals surface area contributed by atoms with Gasteiger partial charge in [0.05, 0.1) is 11.6 Å². The molecule has 200 valence electrons. The summed E-state index contributed by atoms with van der Waals surface area (Å²) in [7, 11) is 0. The van der Waals surface area contributed by atoms with Gasteiger partial charge in [0.1, 0.15) is 23.1 Å². The minimum absolute atomic E-state index is 0.194. The van der Waals surface area contributed by atoms with E-state index in [1.165, 1.54) is 36.4 Å². The van der Waals surface area contributed by atoms with Crippen molar-refractivity contribution < 1.29 is 46.5 Å². The van der Waals surface area contributed by atoms with E-state index in [9.17, 15) is 32.3 Å². The maximum absolute atomic E-state index is 13.0. The molecule has 3 saturated carbocycles. The summed E-state index contributed by atoms with van der Waals surface area (Å²) in [5, 5.41) is 16.6. The molecule has 0 aromatic heterocycles. The van der Waals surface area contributed by atoms with E-state index >= 15 is 0 Å². The fourth-order valence-corrected chi connectivity index (χ4v) is 4.87. The van der Waals surface area contributed by atoms with E-state index in [2.05, 4.69) is 15.4 Å². The van der Waals surface area contributed by atoms with Gasteiger partial charge in [-0.1, -0.05) is 0 Å². The fraction of sp³-hybridized carbons (Fsp3) is 0.440. The molecule has 0 radical (unpaired) electrons. The number of carbonyl (C=O) groups is 2. The van der Waals surface area contributed by atoms with Crippen molar-refractivity contribution in [2.45, 2.75) is 55.6 Å². The SMILES string of the molecule is O=C(COc1ccc(OC(F)(F)F)cc1)NC12CCC(NC(=O)COc3ccc(F)cc3)(CC1)[C@@H](O)C2. The van der Waals surface area contributed by atoms with Gasteiger partial charge < -0.3 is 30.0 Å². The second kappa shape index (κ2) is 10.4. The molecule has 5 rings (SSSR count). The monoisotopic (exact) mass is 526 g/mol. The molecular weight excluding hydrogens is 500 g/mol. The van der Waals surface area contributed by atoms with Crippen molar-refractivity contribution in [1.82, 2.24) is 10.6 Å². The molecule has 0 spiro atoms. The van der Waals surface area contributed by atoms with Crippen LogP contribution in [0.25, 0.3) is 0 Å². The second-order valence-electron chi connectivity index (χ2n) is 9.30. The summed E-state index contributed by atoms with van der Waals surface area (Å²) in [4.78, 5) is 25.0. The number of fused-ring (bicyclic) bond motifs is 3. The maximum Gasteiger partial charge on any atom is 0.573 e. The molecule has 1 atom stereocenters. The highest BCUT2D eigenvalue weighted by Gasteiger charge is 2.55. The number of benzene rings is 2. The van der Waals surface area contributed by atoms with Gasteiger partial charge in [0.25, 0.3) is 11.8 Å². The third-order valence-corrected chi connectivity index (χ3v) is 6.73. The number of nitrogens with one attached hydrogen (secondary N) is 2. The highest BCUT2D eigenvalue weighted by Crippen LogP contribution is 2.47. The Hall–Kier alpha value is -3.54. The Morgan fingerprint density at radius 2 is 1.32 bits per heavy atom. The third-order valence-electron chi connectivity index (χ3n) is 6.73. The lowest BCUT2D eigenvalue weighted by molar-refractivity contribution is -0.274. The van der Waals surface area contributed by atoms with Crippen molar-refractivity contribution >= 4 is 11.8 Å². The topological polar surface area (TPSA) is 106 Å². The number of aliphatic hydroxyl groups excluding tert-OH is 1. The van der Waals surface area contributed by atoms with Crippen molar-refractivity contribution in [2.24, 2.45) is 0 Å². The zero-order valence-electron chi connectivity index (χ0n) is 19.6. The molecular formula is C25H26F4N2O6. The van der Waals surface area contributed by atoms with E-state index in [1.807, 2.05) is 0 Å². The fourth-order valence-electron chi connectivity index (χ4n) is 4.87. The normalized spacial score (nSPS) is 24.7. The molecule has 0 unspecified atom stereocenters. The number of hydrogen-bond donors (Lipinski definition) is 3. The van der Waals surface area contributed by atoms with E-state index in [1.54, 1.807) is 0 Å². The van der Waals surface area contributed by atoms with Crippen LogP contribution in [-0.4, -0.2) is 53.7 Å². The van der Waals surface area contributed by atoms with Crippen molar-refractivity contribution in [2.75, 3.05) is 13.2 Å². The molecule has 0 heterocycles. The number of alkyl halides is 3. The van der Waals surface area contributed by atoms with E-state index in [0.717, 1.165) is 12.1 Å². The van der Waals surface area contributed by atoms with Gasteiger partial charge in [-0.15, -0.1) is 13.2 Å². The first-order chi connectivity index (χ1) is 17.5. The molecule has 2 aromatic carbocycles. The Labute approximate surface area is 209 Å². The van der Waals surface area contributed by atoms with Crippen molar-refractivity contribution in [3.63, 3.8) is 0 Å². The molecule has 12 heteroatoms. The molecule has 0 aliphatic heterocycles. The summed E-state index contributed by atoms with van der Waals surface area (Å²) in [5.74, 6) is -1.13. The highest BCUT2D eigenvalue weighted by molar-refractivity contribution is 5.79. The number of ether oxygens (including phenoxy) is 3. The zero-order valence-corrected chi connectivity index (χ0v) is 19.6. The molecule has 2 amide bonds. The van der Waals surface area contributed by atoms with Crippen LogP contribution in [0, 0.1) is 5.82 Å². The van der Waals surface area contributed by atoms with E-state index in [4.69, 9.17) is 9.47 Å². The lowest BCUT2D eigenvalue weighted by atomic mass is 9.60. The quantitative estimate of drug-likeness (QED) is 0.434. The molecule has 3 aliphatic rings. The smallest absolute Gasteiger partial charge is 0.484 e. The number of rotatable bonds is 9. The highest BCUT2D eigenvalue weighted by atomic mass is 19.4. The van der Waals surface area contributed by atoms with Crippen LogP contribution >= 0.6 is 0 Å². The number of carbonyl (C=O) groups excluding carboxylic acids is 2. The van der Waals surface area contributed by atoms with Gasteiger partial charge in [-0.2, -0.15) is 0 Å². The first kappa shape index (κ1) is 26.5. The standard InChI is InChI=1S/C25H26F4N2O6/c26-16-1-3-17(4-2-16)36-15-22(34)31-24-11-9-23(10-12-24,13-20(24)32)30-21(33)14-35-18-5-7-19(8-6-18)37-25(27,28)29/h1-8,20,32H,9-15H2,(H,30,33)(H,31,34)/t20-,23?,24?/m0/s1. The number of hydrogen-bond acceptors (Lipinski definition) is 6. The Bertz CT molecular complexity index is 1100. The molecule has 0 saturated heterocycles. The van der Waals surface area contributed by atoms with Crippen LogP contribution in [0.15, 0.2) is 48.5 Å². The van der Waals surface area contributed by atoms with Crippen LogP contribution in [0.2, 0.25) is 0 Å². The first-order valence-corrected chi connectivity index (χ1v) is 11.6. The Kier molecular flexibility index (Phi) is 7.49. The van der Waals surface area contributed by atoms with Gasteiger partial charge in [0, 0.05) is 5.54 Å². The van der Waals surface area contributed by atoms with Crippen LogP contribution in [-0.2, 0) is 9.59 Å². The molecule has 37 heavy (non-hydrogen) atoms. The summed E-state index contributed by atoms with van der Waals surface area (Å²) >= 11 is 0. The maximum atomic E-state index is 13.0. The average molecular weight is 526 g/mol. The van der Waals surface area contributed by atoms with Gasteiger partial charge in [-0.25, -0.2) is 4.39 Å². The summed E-state index contributed by atoms with van der Waals surface area (Å²) in [6.07, 6.45) is -3.52. The molecule has 3 aliphatic carbocycles. The van der Waals surface area contributed by atoms with Crippen molar-refractivity contribution in [3.05, 3.63) is 54.3 Å².